The summed E-state index contributed by atoms with van der Waals surface area (Å²) in [6, 6.07) is 9.05. The maximum absolute atomic E-state index is 5.97. The number of benzene rings is 2. The van der Waals surface area contributed by atoms with E-state index < -0.39 is 7.92 Å². The fraction of sp³-hybridized carbons (Fsp3) is 0.382. The minimum Gasteiger partial charge on any atom is -0.494 e. The summed E-state index contributed by atoms with van der Waals surface area (Å²) in [5, 5.41) is 12.6. The molecular formula is C34H40BrN10OP. The largest absolute Gasteiger partial charge is 0.494 e. The number of anilines is 5. The first kappa shape index (κ1) is 31.7. The summed E-state index contributed by atoms with van der Waals surface area (Å²) < 4.78 is 8.56. The molecule has 1 saturated heterocycles. The van der Waals surface area contributed by atoms with E-state index in [0.717, 1.165) is 87.0 Å². The highest BCUT2D eigenvalue weighted by Crippen LogP contribution is 2.41. The van der Waals surface area contributed by atoms with Crippen molar-refractivity contribution in [1.82, 2.24) is 34.6 Å². The van der Waals surface area contributed by atoms with Crippen LogP contribution in [0.25, 0.3) is 22.2 Å². The molecule has 13 heteroatoms. The summed E-state index contributed by atoms with van der Waals surface area (Å²) in [6.07, 6.45) is 14.6. The lowest BCUT2D eigenvalue weighted by Gasteiger charge is -2.40. The zero-order chi connectivity index (χ0) is 32.5. The third kappa shape index (κ3) is 6.64. The summed E-state index contributed by atoms with van der Waals surface area (Å²) in [4.78, 5) is 23.8. The average molecular weight is 716 g/mol. The van der Waals surface area contributed by atoms with Gasteiger partial charge in [0, 0.05) is 97.9 Å². The predicted molar refractivity (Wildman–Crippen MR) is 195 cm³/mol. The van der Waals surface area contributed by atoms with Gasteiger partial charge in [0.2, 0.25) is 5.95 Å². The maximum atomic E-state index is 5.97. The summed E-state index contributed by atoms with van der Waals surface area (Å²) in [5.41, 5.74) is 6.80. The van der Waals surface area contributed by atoms with E-state index in [4.69, 9.17) is 9.72 Å². The first-order valence-corrected chi connectivity index (χ1v) is 19.1. The Hall–Kier alpha value is -3.86. The van der Waals surface area contributed by atoms with Gasteiger partial charge in [0.25, 0.3) is 0 Å². The molecule has 1 aliphatic heterocycles. The standard InChI is InChI=1S/C34H40BrN10OP/c1-43-21-22(19-39-43)24-17-28(30(46-2)18-29(24)45-15-13-44(14-16-45)23-7-5-6-8-23)41-34-38-20-25(35)33(42-34)40-27-10-9-26-31(32(27)47(3)4)37-12-11-36-26/h9-12,17-21,23H,5-8,13-16H2,1-4H3,(H2,38,40,41,42). The number of rotatable bonds is 9. The van der Waals surface area contributed by atoms with Crippen LogP contribution in [0, 0.1) is 0 Å². The number of aryl methyl sites for hydroxylation is 1. The normalized spacial score (nSPS) is 15.9. The second kappa shape index (κ2) is 13.7. The highest BCUT2D eigenvalue weighted by molar-refractivity contribution is 9.10. The summed E-state index contributed by atoms with van der Waals surface area (Å²) >= 11 is 3.66. The molecule has 11 nitrogen and oxygen atoms in total. The summed E-state index contributed by atoms with van der Waals surface area (Å²) in [6.45, 7) is 8.54. The fourth-order valence-electron chi connectivity index (χ4n) is 6.82. The van der Waals surface area contributed by atoms with E-state index in [0.29, 0.717) is 11.8 Å². The lowest BCUT2D eigenvalue weighted by molar-refractivity contribution is 0.187. The molecular weight excluding hydrogens is 675 g/mol. The van der Waals surface area contributed by atoms with Crippen molar-refractivity contribution in [3.05, 3.63) is 59.7 Å². The highest BCUT2D eigenvalue weighted by atomic mass is 79.9. The zero-order valence-corrected chi connectivity index (χ0v) is 29.7. The zero-order valence-electron chi connectivity index (χ0n) is 27.2. The van der Waals surface area contributed by atoms with Gasteiger partial charge in [-0.2, -0.15) is 10.1 Å². The van der Waals surface area contributed by atoms with Gasteiger partial charge in [-0.25, -0.2) is 4.98 Å². The minimum atomic E-state index is -0.484. The van der Waals surface area contributed by atoms with Crippen molar-refractivity contribution in [3.63, 3.8) is 0 Å². The quantitative estimate of drug-likeness (QED) is 0.164. The third-order valence-electron chi connectivity index (χ3n) is 9.13. The summed E-state index contributed by atoms with van der Waals surface area (Å²) in [7, 11) is 3.17. The van der Waals surface area contributed by atoms with Gasteiger partial charge in [-0.3, -0.25) is 19.5 Å². The molecule has 244 valence electrons. The van der Waals surface area contributed by atoms with Crippen LogP contribution in [0.1, 0.15) is 25.7 Å². The van der Waals surface area contributed by atoms with Crippen LogP contribution in [0.5, 0.6) is 5.75 Å². The van der Waals surface area contributed by atoms with E-state index in [1.54, 1.807) is 25.7 Å². The first-order valence-electron chi connectivity index (χ1n) is 16.1. The molecule has 0 spiro atoms. The maximum Gasteiger partial charge on any atom is 0.229 e. The van der Waals surface area contributed by atoms with Crippen molar-refractivity contribution in [2.24, 2.45) is 7.05 Å². The number of hydrogen-bond donors (Lipinski definition) is 2. The van der Waals surface area contributed by atoms with Crippen LogP contribution < -0.4 is 25.6 Å². The molecule has 5 aromatic rings. The number of methoxy groups -OCH3 is 1. The van der Waals surface area contributed by atoms with Crippen LogP contribution in [0.3, 0.4) is 0 Å². The Balaban J connectivity index is 1.20. The number of piperazine rings is 1. The Morgan fingerprint density at radius 3 is 2.45 bits per heavy atom. The van der Waals surface area contributed by atoms with Crippen LogP contribution in [-0.4, -0.2) is 87.3 Å². The molecule has 2 fully saturated rings. The Bertz CT molecular complexity index is 1880. The third-order valence-corrected chi connectivity index (χ3v) is 11.1. The second-order valence-corrected chi connectivity index (χ2v) is 15.4. The van der Waals surface area contributed by atoms with Gasteiger partial charge in [0.05, 0.1) is 34.5 Å². The Morgan fingerprint density at radius 2 is 1.72 bits per heavy atom. The van der Waals surface area contributed by atoms with Crippen molar-refractivity contribution in [1.29, 1.82) is 0 Å². The fourth-order valence-corrected chi connectivity index (χ4v) is 8.32. The van der Waals surface area contributed by atoms with Crippen molar-refractivity contribution >= 4 is 69.0 Å². The lowest BCUT2D eigenvalue weighted by atomic mass is 10.0. The van der Waals surface area contributed by atoms with Crippen LogP contribution in [0.4, 0.5) is 28.8 Å². The molecule has 47 heavy (non-hydrogen) atoms. The Kier molecular flexibility index (Phi) is 9.25. The van der Waals surface area contributed by atoms with Gasteiger partial charge >= 0.3 is 0 Å². The van der Waals surface area contributed by atoms with Gasteiger partial charge < -0.3 is 20.3 Å². The van der Waals surface area contributed by atoms with Crippen LogP contribution in [0.2, 0.25) is 0 Å². The predicted octanol–water partition coefficient (Wildman–Crippen LogP) is 6.51. The average Bonchev–Trinajstić information content (AvgIpc) is 3.78. The molecule has 4 heterocycles. The van der Waals surface area contributed by atoms with E-state index in [1.165, 1.54) is 25.7 Å². The number of hydrogen-bond acceptors (Lipinski definition) is 10. The van der Waals surface area contributed by atoms with Gasteiger partial charge in [0.1, 0.15) is 11.6 Å². The molecule has 1 saturated carbocycles. The van der Waals surface area contributed by atoms with E-state index >= 15 is 0 Å². The molecule has 0 unspecified atom stereocenters. The Labute approximate surface area is 285 Å². The second-order valence-electron chi connectivity index (χ2n) is 12.4. The number of ether oxygens (including phenoxy) is 1. The van der Waals surface area contributed by atoms with Gasteiger partial charge in [0.15, 0.2) is 0 Å². The van der Waals surface area contributed by atoms with Crippen LogP contribution >= 0.6 is 23.9 Å². The van der Waals surface area contributed by atoms with E-state index in [9.17, 15) is 0 Å². The van der Waals surface area contributed by atoms with E-state index in [1.807, 2.05) is 30.1 Å². The van der Waals surface area contributed by atoms with E-state index in [2.05, 4.69) is 88.1 Å². The molecule has 1 aliphatic carbocycles. The van der Waals surface area contributed by atoms with Crippen molar-refractivity contribution < 1.29 is 4.74 Å². The molecule has 2 aromatic carbocycles. The molecule has 3 aromatic heterocycles. The molecule has 0 atom stereocenters. The monoisotopic (exact) mass is 714 g/mol. The number of halogens is 1. The number of fused-ring (bicyclic) bond motifs is 1. The number of nitrogens with one attached hydrogen (secondary N) is 2. The van der Waals surface area contributed by atoms with Crippen LogP contribution in [-0.2, 0) is 7.05 Å². The molecule has 0 radical (unpaired) electrons. The van der Waals surface area contributed by atoms with Crippen molar-refractivity contribution in [3.8, 4) is 16.9 Å². The Morgan fingerprint density at radius 1 is 0.936 bits per heavy atom. The molecule has 0 amide bonds. The lowest BCUT2D eigenvalue weighted by Crippen LogP contribution is -2.49. The SMILES string of the molecule is COc1cc(N2CCN(C3CCCC3)CC2)c(-c2cnn(C)c2)cc1Nc1ncc(Br)c(Nc2ccc3nccnc3c2P(C)C)n1. The van der Waals surface area contributed by atoms with Gasteiger partial charge in [-0.1, -0.05) is 20.8 Å². The summed E-state index contributed by atoms with van der Waals surface area (Å²) in [5.74, 6) is 1.82. The van der Waals surface area contributed by atoms with E-state index in [-0.39, 0.29) is 0 Å². The molecule has 2 aliphatic rings. The highest BCUT2D eigenvalue weighted by Gasteiger charge is 2.28. The molecule has 7 rings (SSSR count). The molecule has 2 N–H and O–H groups in total. The van der Waals surface area contributed by atoms with Crippen LogP contribution in [0.15, 0.2) is 59.7 Å². The minimum absolute atomic E-state index is 0.446. The first-order chi connectivity index (χ1) is 22.9. The van der Waals surface area contributed by atoms with Gasteiger partial charge in [-0.05, 0) is 60.3 Å². The number of nitrogens with zero attached hydrogens (tertiary/aromatic N) is 8. The van der Waals surface area contributed by atoms with Crippen molar-refractivity contribution in [2.45, 2.75) is 31.7 Å². The smallest absolute Gasteiger partial charge is 0.229 e. The molecule has 0 bridgehead atoms. The topological polar surface area (TPSA) is 109 Å². The van der Waals surface area contributed by atoms with Gasteiger partial charge in [-0.15, -0.1) is 0 Å². The van der Waals surface area contributed by atoms with Crippen molar-refractivity contribution in [2.75, 3.05) is 62.2 Å². The number of aromatic nitrogens is 6.